The van der Waals surface area contributed by atoms with E-state index < -0.39 is 0 Å². The number of rotatable bonds is 3. The van der Waals surface area contributed by atoms with Gasteiger partial charge in [-0.05, 0) is 44.4 Å². The highest BCUT2D eigenvalue weighted by atomic mass is 16.5. The number of furan rings is 1. The monoisotopic (exact) mass is 289 g/mol. The van der Waals surface area contributed by atoms with Crippen LogP contribution >= 0.6 is 0 Å². The Morgan fingerprint density at radius 2 is 2.38 bits per heavy atom. The van der Waals surface area contributed by atoms with E-state index in [9.17, 15) is 0 Å². The molecule has 21 heavy (non-hydrogen) atoms. The zero-order valence-electron chi connectivity index (χ0n) is 12.1. The summed E-state index contributed by atoms with van der Waals surface area (Å²) in [6, 6.07) is 3.95. The first kappa shape index (κ1) is 13.0. The highest BCUT2D eigenvalue weighted by molar-refractivity contribution is 5.00. The van der Waals surface area contributed by atoms with Crippen LogP contribution in [0.3, 0.4) is 0 Å². The summed E-state index contributed by atoms with van der Waals surface area (Å²) in [5, 5.41) is 3.85. The maximum absolute atomic E-state index is 6.15. The molecule has 0 aliphatic carbocycles. The third-order valence-electron chi connectivity index (χ3n) is 4.41. The molecular weight excluding hydrogens is 270 g/mol. The lowest BCUT2D eigenvalue weighted by Gasteiger charge is -2.33. The number of aryl methyl sites for hydroxylation is 1. The summed E-state index contributed by atoms with van der Waals surface area (Å²) in [6.45, 7) is 4.71. The van der Waals surface area contributed by atoms with E-state index in [1.165, 1.54) is 0 Å². The molecule has 4 rings (SSSR count). The molecule has 6 heteroatoms. The van der Waals surface area contributed by atoms with E-state index >= 15 is 0 Å². The molecule has 2 saturated heterocycles. The van der Waals surface area contributed by atoms with Crippen molar-refractivity contribution in [3.63, 3.8) is 0 Å². The van der Waals surface area contributed by atoms with Crippen molar-refractivity contribution in [2.45, 2.75) is 38.5 Å². The molecule has 2 fully saturated rings. The van der Waals surface area contributed by atoms with Crippen LogP contribution in [0, 0.1) is 12.8 Å². The van der Waals surface area contributed by atoms with Gasteiger partial charge in [-0.2, -0.15) is 4.98 Å². The van der Waals surface area contributed by atoms with Gasteiger partial charge in [0, 0.05) is 6.54 Å². The Morgan fingerprint density at radius 3 is 3.14 bits per heavy atom. The first-order chi connectivity index (χ1) is 10.3. The summed E-state index contributed by atoms with van der Waals surface area (Å²) in [6.07, 6.45) is 4.08. The summed E-state index contributed by atoms with van der Waals surface area (Å²) in [7, 11) is 0. The van der Waals surface area contributed by atoms with Crippen LogP contribution < -0.4 is 0 Å². The minimum atomic E-state index is -0.0373. The fourth-order valence-electron chi connectivity index (χ4n) is 3.36. The van der Waals surface area contributed by atoms with Gasteiger partial charge in [-0.3, -0.25) is 4.90 Å². The molecule has 4 heterocycles. The molecule has 2 aromatic heterocycles. The minimum Gasteiger partial charge on any atom is -0.468 e. The van der Waals surface area contributed by atoms with E-state index in [0.717, 1.165) is 38.2 Å². The number of hydrogen-bond acceptors (Lipinski definition) is 6. The standard InChI is InChI=1S/C15H19N3O3/c1-10-16-15(21-17-10)13-7-11-4-5-18(9-14(11)20-13)8-12-3-2-6-19-12/h2-3,6,11,13-14H,4-5,7-9H2,1H3/t11-,13+,14+/m0/s1. The number of likely N-dealkylation sites (tertiary alicyclic amines) is 1. The van der Waals surface area contributed by atoms with Gasteiger partial charge in [0.25, 0.3) is 5.89 Å². The maximum atomic E-state index is 6.15. The largest absolute Gasteiger partial charge is 0.468 e. The Kier molecular flexibility index (Phi) is 3.27. The summed E-state index contributed by atoms with van der Waals surface area (Å²) in [4.78, 5) is 6.69. The normalized spacial score (nSPS) is 29.7. The second kappa shape index (κ2) is 5.27. The van der Waals surface area contributed by atoms with E-state index in [4.69, 9.17) is 13.7 Å². The third kappa shape index (κ3) is 2.61. The van der Waals surface area contributed by atoms with E-state index in [0.29, 0.717) is 17.6 Å². The van der Waals surface area contributed by atoms with Gasteiger partial charge in [-0.25, -0.2) is 0 Å². The van der Waals surface area contributed by atoms with Crippen LogP contribution in [0.1, 0.15) is 36.4 Å². The van der Waals surface area contributed by atoms with Crippen molar-refractivity contribution in [2.75, 3.05) is 13.1 Å². The first-order valence-corrected chi connectivity index (χ1v) is 7.48. The van der Waals surface area contributed by atoms with Crippen LogP contribution in [0.25, 0.3) is 0 Å². The Hall–Kier alpha value is -1.66. The summed E-state index contributed by atoms with van der Waals surface area (Å²) >= 11 is 0. The van der Waals surface area contributed by atoms with Gasteiger partial charge >= 0.3 is 0 Å². The van der Waals surface area contributed by atoms with Crippen molar-refractivity contribution < 1.29 is 13.7 Å². The molecule has 0 bridgehead atoms. The molecule has 0 spiro atoms. The third-order valence-corrected chi connectivity index (χ3v) is 4.41. The van der Waals surface area contributed by atoms with Gasteiger partial charge < -0.3 is 13.7 Å². The average Bonchev–Trinajstić information content (AvgIpc) is 3.18. The molecule has 112 valence electrons. The van der Waals surface area contributed by atoms with Crippen molar-refractivity contribution in [3.8, 4) is 0 Å². The second-order valence-corrected chi connectivity index (χ2v) is 5.94. The smallest absolute Gasteiger partial charge is 0.255 e. The lowest BCUT2D eigenvalue weighted by molar-refractivity contribution is -0.0201. The molecular formula is C15H19N3O3. The molecule has 0 N–H and O–H groups in total. The highest BCUT2D eigenvalue weighted by Gasteiger charge is 2.41. The van der Waals surface area contributed by atoms with E-state index in [2.05, 4.69) is 15.0 Å². The Labute approximate surface area is 123 Å². The second-order valence-electron chi connectivity index (χ2n) is 5.94. The van der Waals surface area contributed by atoms with Crippen molar-refractivity contribution in [3.05, 3.63) is 35.9 Å². The molecule has 3 atom stereocenters. The topological polar surface area (TPSA) is 64.5 Å². The summed E-state index contributed by atoms with van der Waals surface area (Å²) in [5.74, 6) is 2.90. The zero-order chi connectivity index (χ0) is 14.2. The van der Waals surface area contributed by atoms with Crippen molar-refractivity contribution in [2.24, 2.45) is 5.92 Å². The molecule has 0 unspecified atom stereocenters. The Bertz CT molecular complexity index is 595. The number of nitrogens with zero attached hydrogens (tertiary/aromatic N) is 3. The van der Waals surface area contributed by atoms with Crippen LogP contribution in [-0.2, 0) is 11.3 Å². The zero-order valence-corrected chi connectivity index (χ0v) is 12.1. The van der Waals surface area contributed by atoms with E-state index in [1.807, 2.05) is 19.1 Å². The lowest BCUT2D eigenvalue weighted by atomic mass is 9.92. The van der Waals surface area contributed by atoms with Gasteiger partial charge in [0.05, 0.1) is 18.9 Å². The van der Waals surface area contributed by atoms with Crippen LogP contribution in [0.15, 0.2) is 27.3 Å². The fourth-order valence-corrected chi connectivity index (χ4v) is 3.36. The summed E-state index contributed by atoms with van der Waals surface area (Å²) < 4.78 is 16.8. The predicted molar refractivity (Wildman–Crippen MR) is 73.4 cm³/mol. The van der Waals surface area contributed by atoms with Crippen molar-refractivity contribution in [1.82, 2.24) is 15.0 Å². The molecule has 2 aliphatic rings. The van der Waals surface area contributed by atoms with Crippen LogP contribution in [0.2, 0.25) is 0 Å². The lowest BCUT2D eigenvalue weighted by Crippen LogP contribution is -2.41. The molecule has 2 aromatic rings. The minimum absolute atomic E-state index is 0.0373. The van der Waals surface area contributed by atoms with Gasteiger partial charge in [0.2, 0.25) is 0 Å². The van der Waals surface area contributed by atoms with Crippen molar-refractivity contribution in [1.29, 1.82) is 0 Å². The number of fused-ring (bicyclic) bond motifs is 1. The SMILES string of the molecule is Cc1noc([C@H]2C[C@@H]3CCN(Cc4ccco4)C[C@H]3O2)n1. The van der Waals surface area contributed by atoms with Gasteiger partial charge in [-0.15, -0.1) is 0 Å². The van der Waals surface area contributed by atoms with Gasteiger partial charge in [0.15, 0.2) is 5.82 Å². The molecule has 0 aromatic carbocycles. The Balaban J connectivity index is 1.40. The number of hydrogen-bond donors (Lipinski definition) is 0. The number of ether oxygens (including phenoxy) is 1. The number of piperidine rings is 1. The fraction of sp³-hybridized carbons (Fsp3) is 0.600. The predicted octanol–water partition coefficient (Wildman–Crippen LogP) is 2.32. The van der Waals surface area contributed by atoms with E-state index in [1.54, 1.807) is 6.26 Å². The summed E-state index contributed by atoms with van der Waals surface area (Å²) in [5.41, 5.74) is 0. The van der Waals surface area contributed by atoms with Crippen LogP contribution in [0.4, 0.5) is 0 Å². The van der Waals surface area contributed by atoms with E-state index in [-0.39, 0.29) is 12.2 Å². The molecule has 0 saturated carbocycles. The first-order valence-electron chi connectivity index (χ1n) is 7.48. The quantitative estimate of drug-likeness (QED) is 0.864. The highest BCUT2D eigenvalue weighted by Crippen LogP contribution is 2.40. The Morgan fingerprint density at radius 1 is 1.43 bits per heavy atom. The maximum Gasteiger partial charge on any atom is 0.255 e. The van der Waals surface area contributed by atoms with Crippen LogP contribution in [-0.4, -0.2) is 34.2 Å². The van der Waals surface area contributed by atoms with Crippen molar-refractivity contribution >= 4 is 0 Å². The number of aromatic nitrogens is 2. The molecule has 0 radical (unpaired) electrons. The molecule has 6 nitrogen and oxygen atoms in total. The van der Waals surface area contributed by atoms with Gasteiger partial charge in [-0.1, -0.05) is 5.16 Å². The molecule has 0 amide bonds. The molecule has 2 aliphatic heterocycles. The van der Waals surface area contributed by atoms with Crippen LogP contribution in [0.5, 0.6) is 0 Å². The van der Waals surface area contributed by atoms with Gasteiger partial charge in [0.1, 0.15) is 11.9 Å². The average molecular weight is 289 g/mol.